The highest BCUT2D eigenvalue weighted by Crippen LogP contribution is 2.07. The Labute approximate surface area is 93.9 Å². The Morgan fingerprint density at radius 3 is 1.93 bits per heavy atom. The van der Waals surface area contributed by atoms with Gasteiger partial charge in [0.15, 0.2) is 6.29 Å². The summed E-state index contributed by atoms with van der Waals surface area (Å²) in [7, 11) is 0. The predicted molar refractivity (Wildman–Crippen MR) is 63.7 cm³/mol. The molecular formula is C12H27NO2. The Kier molecular flexibility index (Phi) is 11.9. The van der Waals surface area contributed by atoms with Gasteiger partial charge in [-0.3, -0.25) is 0 Å². The van der Waals surface area contributed by atoms with Crippen LogP contribution in [0.3, 0.4) is 0 Å². The Morgan fingerprint density at radius 1 is 0.867 bits per heavy atom. The molecule has 0 radical (unpaired) electrons. The minimum Gasteiger partial charge on any atom is -0.367 e. The molecular weight excluding hydrogens is 190 g/mol. The number of unbranched alkanes of at least 4 members (excludes halogenated alkanes) is 7. The van der Waals surface area contributed by atoms with Gasteiger partial charge in [-0.25, -0.2) is 0 Å². The maximum Gasteiger partial charge on any atom is 0.164 e. The summed E-state index contributed by atoms with van der Waals surface area (Å²) < 4.78 is 0. The lowest BCUT2D eigenvalue weighted by molar-refractivity contribution is -0.0370. The molecule has 0 aromatic rings. The number of hydrogen-bond donors (Lipinski definition) is 3. The van der Waals surface area contributed by atoms with Crippen molar-refractivity contribution in [2.24, 2.45) is 0 Å². The van der Waals surface area contributed by atoms with E-state index in [0.717, 1.165) is 13.0 Å². The molecule has 0 unspecified atom stereocenters. The highest BCUT2D eigenvalue weighted by Gasteiger charge is 1.95. The van der Waals surface area contributed by atoms with E-state index < -0.39 is 6.29 Å². The summed E-state index contributed by atoms with van der Waals surface area (Å²) in [5.41, 5.74) is 0. The Morgan fingerprint density at radius 2 is 1.40 bits per heavy atom. The molecule has 0 aromatic carbocycles. The molecule has 0 aromatic heterocycles. The van der Waals surface area contributed by atoms with Gasteiger partial charge in [-0.05, 0) is 13.0 Å². The zero-order chi connectivity index (χ0) is 11.4. The molecule has 0 aliphatic carbocycles. The smallest absolute Gasteiger partial charge is 0.164 e. The summed E-state index contributed by atoms with van der Waals surface area (Å²) in [5, 5.41) is 20.1. The Bertz CT molecular complexity index is 118. The standard InChI is InChI=1S/C12H27NO2/c1-2-3-4-5-6-7-8-9-10-13-11-12(14)15/h12-15H,2-11H2,1H3. The molecule has 3 N–H and O–H groups in total. The SMILES string of the molecule is CCCCCCCCCCNCC(O)O. The second kappa shape index (κ2) is 12.0. The number of aliphatic hydroxyl groups excluding tert-OH is 1. The summed E-state index contributed by atoms with van der Waals surface area (Å²) in [6, 6.07) is 0. The van der Waals surface area contributed by atoms with Gasteiger partial charge in [0, 0.05) is 6.54 Å². The van der Waals surface area contributed by atoms with Crippen LogP contribution in [-0.2, 0) is 0 Å². The maximum atomic E-state index is 8.57. The summed E-state index contributed by atoms with van der Waals surface area (Å²) >= 11 is 0. The van der Waals surface area contributed by atoms with Crippen LogP contribution in [0.5, 0.6) is 0 Å². The minimum atomic E-state index is -1.21. The summed E-state index contributed by atoms with van der Waals surface area (Å²) in [4.78, 5) is 0. The van der Waals surface area contributed by atoms with E-state index >= 15 is 0 Å². The normalized spacial score (nSPS) is 11.2. The van der Waals surface area contributed by atoms with Crippen LogP contribution in [0, 0.1) is 0 Å². The van der Waals surface area contributed by atoms with Crippen molar-refractivity contribution in [2.75, 3.05) is 13.1 Å². The van der Waals surface area contributed by atoms with Crippen LogP contribution >= 0.6 is 0 Å². The van der Waals surface area contributed by atoms with Crippen molar-refractivity contribution < 1.29 is 10.2 Å². The molecule has 15 heavy (non-hydrogen) atoms. The van der Waals surface area contributed by atoms with Crippen molar-refractivity contribution in [3.8, 4) is 0 Å². The molecule has 0 amide bonds. The molecule has 3 nitrogen and oxygen atoms in total. The minimum absolute atomic E-state index is 0.288. The van der Waals surface area contributed by atoms with Crippen LogP contribution in [0.25, 0.3) is 0 Å². The number of hydrogen-bond acceptors (Lipinski definition) is 3. The van der Waals surface area contributed by atoms with Gasteiger partial charge in [0.1, 0.15) is 0 Å². The van der Waals surface area contributed by atoms with Gasteiger partial charge in [-0.1, -0.05) is 51.9 Å². The second-order valence-corrected chi connectivity index (χ2v) is 4.16. The highest BCUT2D eigenvalue weighted by molar-refractivity contribution is 4.50. The first-order valence-corrected chi connectivity index (χ1v) is 6.34. The molecule has 0 saturated heterocycles. The topological polar surface area (TPSA) is 52.5 Å². The molecule has 3 heteroatoms. The number of aliphatic hydroxyl groups is 2. The zero-order valence-corrected chi connectivity index (χ0v) is 10.0. The van der Waals surface area contributed by atoms with E-state index in [-0.39, 0.29) is 6.54 Å². The molecule has 0 aliphatic heterocycles. The Balaban J connectivity index is 2.87. The molecule has 0 atom stereocenters. The van der Waals surface area contributed by atoms with Crippen molar-refractivity contribution in [1.29, 1.82) is 0 Å². The third-order valence-corrected chi connectivity index (χ3v) is 2.53. The van der Waals surface area contributed by atoms with Gasteiger partial charge in [0.05, 0.1) is 0 Å². The van der Waals surface area contributed by atoms with Crippen molar-refractivity contribution in [1.82, 2.24) is 5.32 Å². The van der Waals surface area contributed by atoms with E-state index in [1.54, 1.807) is 0 Å². The molecule has 0 fully saturated rings. The first kappa shape index (κ1) is 14.9. The van der Waals surface area contributed by atoms with Gasteiger partial charge in [0.25, 0.3) is 0 Å². The van der Waals surface area contributed by atoms with Crippen LogP contribution in [-0.4, -0.2) is 29.6 Å². The van der Waals surface area contributed by atoms with Gasteiger partial charge in [0.2, 0.25) is 0 Å². The van der Waals surface area contributed by atoms with Crippen molar-refractivity contribution >= 4 is 0 Å². The molecule has 0 aliphatic rings. The van der Waals surface area contributed by atoms with E-state index in [9.17, 15) is 0 Å². The van der Waals surface area contributed by atoms with Crippen molar-refractivity contribution in [3.05, 3.63) is 0 Å². The predicted octanol–water partition coefficient (Wildman–Crippen LogP) is 2.03. The number of nitrogens with one attached hydrogen (secondary N) is 1. The lowest BCUT2D eigenvalue weighted by atomic mass is 10.1. The first-order chi connectivity index (χ1) is 7.27. The highest BCUT2D eigenvalue weighted by atomic mass is 16.5. The Hall–Kier alpha value is -0.120. The van der Waals surface area contributed by atoms with Crippen molar-refractivity contribution in [2.45, 2.75) is 64.6 Å². The van der Waals surface area contributed by atoms with Crippen LogP contribution in [0.15, 0.2) is 0 Å². The second-order valence-electron chi connectivity index (χ2n) is 4.16. The fraction of sp³-hybridized carbons (Fsp3) is 1.00. The van der Waals surface area contributed by atoms with E-state index in [1.165, 1.54) is 44.9 Å². The van der Waals surface area contributed by atoms with Gasteiger partial charge in [-0.2, -0.15) is 0 Å². The molecule has 92 valence electrons. The quantitative estimate of drug-likeness (QED) is 0.366. The van der Waals surface area contributed by atoms with Crippen LogP contribution in [0.1, 0.15) is 58.3 Å². The van der Waals surface area contributed by atoms with E-state index in [2.05, 4.69) is 12.2 Å². The molecule has 0 spiro atoms. The first-order valence-electron chi connectivity index (χ1n) is 6.34. The van der Waals surface area contributed by atoms with Crippen LogP contribution < -0.4 is 5.32 Å². The average molecular weight is 217 g/mol. The molecule has 0 bridgehead atoms. The fourth-order valence-corrected chi connectivity index (χ4v) is 1.62. The largest absolute Gasteiger partial charge is 0.367 e. The molecule has 0 saturated carbocycles. The third-order valence-electron chi connectivity index (χ3n) is 2.53. The summed E-state index contributed by atoms with van der Waals surface area (Å²) in [6.07, 6.45) is 9.28. The average Bonchev–Trinajstić information content (AvgIpc) is 2.20. The number of rotatable bonds is 11. The third kappa shape index (κ3) is 13.9. The van der Waals surface area contributed by atoms with E-state index in [4.69, 9.17) is 10.2 Å². The fourth-order valence-electron chi connectivity index (χ4n) is 1.62. The van der Waals surface area contributed by atoms with Crippen LogP contribution in [0.2, 0.25) is 0 Å². The van der Waals surface area contributed by atoms with Gasteiger partial charge >= 0.3 is 0 Å². The van der Waals surface area contributed by atoms with Crippen LogP contribution in [0.4, 0.5) is 0 Å². The summed E-state index contributed by atoms with van der Waals surface area (Å²) in [6.45, 7) is 3.42. The van der Waals surface area contributed by atoms with Gasteiger partial charge in [-0.15, -0.1) is 0 Å². The summed E-state index contributed by atoms with van der Waals surface area (Å²) in [5.74, 6) is 0. The van der Waals surface area contributed by atoms with Gasteiger partial charge < -0.3 is 15.5 Å². The van der Waals surface area contributed by atoms with E-state index in [0.29, 0.717) is 0 Å². The monoisotopic (exact) mass is 217 g/mol. The maximum absolute atomic E-state index is 8.57. The lowest BCUT2D eigenvalue weighted by Gasteiger charge is -2.05. The molecule has 0 rings (SSSR count). The van der Waals surface area contributed by atoms with Crippen molar-refractivity contribution in [3.63, 3.8) is 0 Å². The van der Waals surface area contributed by atoms with E-state index in [1.807, 2.05) is 0 Å². The zero-order valence-electron chi connectivity index (χ0n) is 10.0. The molecule has 0 heterocycles. The lowest BCUT2D eigenvalue weighted by Crippen LogP contribution is -2.26.